The number of fused-ring (bicyclic) bond motifs is 1. The molecule has 0 unspecified atom stereocenters. The van der Waals surface area contributed by atoms with Gasteiger partial charge in [-0.1, -0.05) is 12.5 Å². The average molecular weight is 244 g/mol. The molecule has 1 aromatic carbocycles. The van der Waals surface area contributed by atoms with Crippen molar-refractivity contribution in [3.05, 3.63) is 23.8 Å². The number of rotatable bonds is 2. The van der Waals surface area contributed by atoms with Crippen LogP contribution >= 0.6 is 11.8 Å². The second-order valence-corrected chi connectivity index (χ2v) is 6.16. The van der Waals surface area contributed by atoms with E-state index in [0.29, 0.717) is 0 Å². The maximum absolute atomic E-state index is 9.27. The van der Waals surface area contributed by atoms with E-state index in [9.17, 15) is 5.26 Å². The minimum absolute atomic E-state index is 0.0546. The summed E-state index contributed by atoms with van der Waals surface area (Å²) < 4.78 is 0. The van der Waals surface area contributed by atoms with Gasteiger partial charge >= 0.3 is 0 Å². The number of benzene rings is 1. The Balaban J connectivity index is 1.82. The van der Waals surface area contributed by atoms with Gasteiger partial charge in [0.15, 0.2) is 0 Å². The van der Waals surface area contributed by atoms with E-state index < -0.39 is 0 Å². The monoisotopic (exact) mass is 244 g/mol. The molecule has 88 valence electrons. The number of anilines is 1. The predicted octanol–water partition coefficient (Wildman–Crippen LogP) is 3.44. The molecule has 0 bridgehead atoms. The lowest BCUT2D eigenvalue weighted by molar-refractivity contribution is 0.214. The molecule has 1 aromatic rings. The molecule has 1 fully saturated rings. The molecule has 1 heterocycles. The van der Waals surface area contributed by atoms with Crippen molar-refractivity contribution in [1.82, 2.24) is 0 Å². The van der Waals surface area contributed by atoms with Gasteiger partial charge in [0, 0.05) is 22.9 Å². The first-order valence-electron chi connectivity index (χ1n) is 6.22. The Labute approximate surface area is 106 Å². The van der Waals surface area contributed by atoms with Crippen molar-refractivity contribution < 1.29 is 0 Å². The molecule has 3 heteroatoms. The van der Waals surface area contributed by atoms with Crippen LogP contribution in [0.1, 0.15) is 24.8 Å². The van der Waals surface area contributed by atoms with E-state index in [1.807, 2.05) is 11.8 Å². The highest BCUT2D eigenvalue weighted by atomic mass is 32.2. The van der Waals surface area contributed by atoms with Crippen LogP contribution in [0.4, 0.5) is 5.69 Å². The number of thioether (sulfide) groups is 1. The Bertz CT molecular complexity index is 472. The van der Waals surface area contributed by atoms with Crippen LogP contribution in [0.3, 0.4) is 0 Å². The van der Waals surface area contributed by atoms with Crippen LogP contribution in [0.2, 0.25) is 0 Å². The van der Waals surface area contributed by atoms with Gasteiger partial charge in [0.05, 0.1) is 11.5 Å². The third kappa shape index (κ3) is 2.02. The summed E-state index contributed by atoms with van der Waals surface area (Å²) in [6, 6.07) is 9.13. The molecule has 2 nitrogen and oxygen atoms in total. The Morgan fingerprint density at radius 2 is 2.29 bits per heavy atom. The van der Waals surface area contributed by atoms with Gasteiger partial charge < -0.3 is 5.32 Å². The minimum atomic E-state index is -0.0546. The molecule has 2 aliphatic rings. The molecule has 0 amide bonds. The smallest absolute Gasteiger partial charge is 0.0693 e. The summed E-state index contributed by atoms with van der Waals surface area (Å²) in [4.78, 5) is 1.35. The van der Waals surface area contributed by atoms with Crippen molar-refractivity contribution in [3.63, 3.8) is 0 Å². The number of hydrogen-bond acceptors (Lipinski definition) is 3. The molecule has 0 aromatic heterocycles. The lowest BCUT2D eigenvalue weighted by Gasteiger charge is -2.35. The zero-order valence-electron chi connectivity index (χ0n) is 9.83. The second-order valence-electron chi connectivity index (χ2n) is 5.03. The third-order valence-electron chi connectivity index (χ3n) is 3.81. The van der Waals surface area contributed by atoms with Crippen molar-refractivity contribution >= 4 is 17.4 Å². The fourth-order valence-corrected chi connectivity index (χ4v) is 3.57. The molecular weight excluding hydrogens is 228 g/mol. The van der Waals surface area contributed by atoms with E-state index in [1.54, 1.807) is 0 Å². The highest BCUT2D eigenvalue weighted by molar-refractivity contribution is 7.99. The van der Waals surface area contributed by atoms with Crippen molar-refractivity contribution in [2.75, 3.05) is 17.6 Å². The Morgan fingerprint density at radius 1 is 1.41 bits per heavy atom. The van der Waals surface area contributed by atoms with Gasteiger partial charge in [0.1, 0.15) is 0 Å². The first-order chi connectivity index (χ1) is 8.31. The molecule has 1 aliphatic heterocycles. The summed E-state index contributed by atoms with van der Waals surface area (Å²) in [5.41, 5.74) is 2.52. The molecule has 17 heavy (non-hydrogen) atoms. The number of nitrogens with one attached hydrogen (secondary N) is 1. The molecule has 0 atom stereocenters. The first-order valence-corrected chi connectivity index (χ1v) is 7.21. The third-order valence-corrected chi connectivity index (χ3v) is 4.87. The van der Waals surface area contributed by atoms with Gasteiger partial charge in [-0.15, -0.1) is 11.8 Å². The fourth-order valence-electron chi connectivity index (χ4n) is 2.61. The lowest BCUT2D eigenvalue weighted by atomic mass is 9.66. The number of nitriles is 1. The fraction of sp³-hybridized carbons (Fsp3) is 0.500. The van der Waals surface area contributed by atoms with E-state index in [1.165, 1.54) is 22.6 Å². The molecule has 1 N–H and O–H groups in total. The zero-order valence-corrected chi connectivity index (χ0v) is 10.6. The molecule has 0 radical (unpaired) electrons. The second kappa shape index (κ2) is 4.27. The first kappa shape index (κ1) is 11.0. The van der Waals surface area contributed by atoms with Gasteiger partial charge in [-0.2, -0.15) is 5.26 Å². The average Bonchev–Trinajstić information content (AvgIpc) is 2.34. The predicted molar refractivity (Wildman–Crippen MR) is 71.3 cm³/mol. The molecule has 0 spiro atoms. The van der Waals surface area contributed by atoms with Gasteiger partial charge in [-0.25, -0.2) is 0 Å². The summed E-state index contributed by atoms with van der Waals surface area (Å²) in [5, 5.41) is 12.7. The maximum Gasteiger partial charge on any atom is 0.0693 e. The topological polar surface area (TPSA) is 35.8 Å². The standard InChI is InChI=1S/C14H16N2S/c15-10-14(4-1-5-14)9-11-2-3-12-13(8-11)17-7-6-16-12/h2-3,8,16H,1,4-7,9H2. The van der Waals surface area contributed by atoms with Crippen molar-refractivity contribution in [1.29, 1.82) is 5.26 Å². The van der Waals surface area contributed by atoms with Crippen LogP contribution in [0.25, 0.3) is 0 Å². The Morgan fingerprint density at radius 3 is 3.00 bits per heavy atom. The normalized spacial score (nSPS) is 20.6. The highest BCUT2D eigenvalue weighted by Gasteiger charge is 2.37. The summed E-state index contributed by atoms with van der Waals surface area (Å²) in [7, 11) is 0. The van der Waals surface area contributed by atoms with E-state index in [2.05, 4.69) is 29.6 Å². The SMILES string of the molecule is N#CC1(Cc2ccc3c(c2)SCCN3)CCC1. The quantitative estimate of drug-likeness (QED) is 0.865. The van der Waals surface area contributed by atoms with E-state index in [4.69, 9.17) is 0 Å². The molecule has 1 aliphatic carbocycles. The molecule has 1 saturated carbocycles. The van der Waals surface area contributed by atoms with Crippen LogP contribution in [-0.4, -0.2) is 12.3 Å². The van der Waals surface area contributed by atoms with Crippen LogP contribution in [0.15, 0.2) is 23.1 Å². The van der Waals surface area contributed by atoms with E-state index in [0.717, 1.165) is 31.6 Å². The van der Waals surface area contributed by atoms with Gasteiger partial charge in [0.2, 0.25) is 0 Å². The van der Waals surface area contributed by atoms with Crippen LogP contribution in [-0.2, 0) is 6.42 Å². The van der Waals surface area contributed by atoms with Crippen LogP contribution < -0.4 is 5.32 Å². The summed E-state index contributed by atoms with van der Waals surface area (Å²) in [5.74, 6) is 1.14. The summed E-state index contributed by atoms with van der Waals surface area (Å²) in [6.07, 6.45) is 4.30. The molecular formula is C14H16N2S. The van der Waals surface area contributed by atoms with Crippen molar-refractivity contribution in [2.45, 2.75) is 30.6 Å². The van der Waals surface area contributed by atoms with Gasteiger partial charge in [-0.3, -0.25) is 0 Å². The minimum Gasteiger partial charge on any atom is -0.383 e. The summed E-state index contributed by atoms with van der Waals surface area (Å²) in [6.45, 7) is 1.05. The van der Waals surface area contributed by atoms with Crippen molar-refractivity contribution in [2.24, 2.45) is 5.41 Å². The Kier molecular flexibility index (Phi) is 2.76. The highest BCUT2D eigenvalue weighted by Crippen LogP contribution is 2.43. The van der Waals surface area contributed by atoms with Crippen LogP contribution in [0.5, 0.6) is 0 Å². The molecule has 0 saturated heterocycles. The maximum atomic E-state index is 9.27. The number of nitrogens with zero attached hydrogens (tertiary/aromatic N) is 1. The van der Waals surface area contributed by atoms with Gasteiger partial charge in [0.25, 0.3) is 0 Å². The summed E-state index contributed by atoms with van der Waals surface area (Å²) >= 11 is 1.92. The van der Waals surface area contributed by atoms with Crippen LogP contribution in [0, 0.1) is 16.7 Å². The van der Waals surface area contributed by atoms with Crippen molar-refractivity contribution in [3.8, 4) is 6.07 Å². The Hall–Kier alpha value is -1.14. The largest absolute Gasteiger partial charge is 0.383 e. The molecule has 3 rings (SSSR count). The van der Waals surface area contributed by atoms with Gasteiger partial charge in [-0.05, 0) is 37.0 Å². The van der Waals surface area contributed by atoms with E-state index in [-0.39, 0.29) is 5.41 Å². The van der Waals surface area contributed by atoms with E-state index >= 15 is 0 Å². The lowest BCUT2D eigenvalue weighted by Crippen LogP contribution is -2.29. The zero-order chi connectivity index (χ0) is 11.7. The number of hydrogen-bond donors (Lipinski definition) is 1.